The maximum Gasteiger partial charge on any atom is 0.416 e. The molecule has 1 aliphatic rings. The monoisotopic (exact) mass is 500 g/mol. The van der Waals surface area contributed by atoms with E-state index in [4.69, 9.17) is 9.97 Å². The lowest BCUT2D eigenvalue weighted by molar-refractivity contribution is -0.137. The van der Waals surface area contributed by atoms with Crippen LogP contribution in [0.3, 0.4) is 0 Å². The lowest BCUT2D eigenvalue weighted by Crippen LogP contribution is -2.27. The molecule has 11 heteroatoms. The van der Waals surface area contributed by atoms with Gasteiger partial charge in [0.15, 0.2) is 17.3 Å². The Morgan fingerprint density at radius 1 is 1.11 bits per heavy atom. The van der Waals surface area contributed by atoms with Gasteiger partial charge in [0.2, 0.25) is 5.91 Å². The number of rotatable bonds is 8. The fourth-order valence-electron chi connectivity index (χ4n) is 4.11. The van der Waals surface area contributed by atoms with E-state index in [1.165, 1.54) is 23.5 Å². The number of anilines is 1. The fourth-order valence-corrected chi connectivity index (χ4v) is 4.77. The summed E-state index contributed by atoms with van der Waals surface area (Å²) in [4.78, 5) is 28.5. The highest BCUT2D eigenvalue weighted by Gasteiger charge is 2.30. The summed E-state index contributed by atoms with van der Waals surface area (Å²) in [5.74, 6) is 1.35. The Kier molecular flexibility index (Phi) is 6.42. The standard InChI is InChI=1S/C24H23F3N6OS/c25-24(26,27)17-8-6-16(7-9-17)14-33-15-29-20-22(28-10-3-12-32-11-1-5-19(32)34)30-21(31-23(20)33)18-4-2-13-35-18/h2,4,6-9,13,15H,1,3,5,10-12,14H2,(H,28,30,31). The minimum Gasteiger partial charge on any atom is -0.368 e. The van der Waals surface area contributed by atoms with Gasteiger partial charge in [0.05, 0.1) is 23.3 Å². The fraction of sp³-hybridized carbons (Fsp3) is 0.333. The topological polar surface area (TPSA) is 75.9 Å². The molecule has 1 amide bonds. The van der Waals surface area contributed by atoms with E-state index in [0.717, 1.165) is 36.4 Å². The number of nitrogens with one attached hydrogen (secondary N) is 1. The van der Waals surface area contributed by atoms with Crippen LogP contribution in [0.1, 0.15) is 30.4 Å². The number of nitrogens with zero attached hydrogens (tertiary/aromatic N) is 5. The van der Waals surface area contributed by atoms with Gasteiger partial charge in [0, 0.05) is 26.1 Å². The van der Waals surface area contributed by atoms with Gasteiger partial charge in [-0.2, -0.15) is 13.2 Å². The number of hydrogen-bond acceptors (Lipinski definition) is 6. The van der Waals surface area contributed by atoms with Crippen molar-refractivity contribution >= 4 is 34.2 Å². The molecule has 35 heavy (non-hydrogen) atoms. The number of likely N-dealkylation sites (tertiary alicyclic amines) is 1. The van der Waals surface area contributed by atoms with Crippen LogP contribution in [0, 0.1) is 0 Å². The number of hydrogen-bond donors (Lipinski definition) is 1. The van der Waals surface area contributed by atoms with Crippen LogP contribution in [0.25, 0.3) is 21.9 Å². The predicted octanol–water partition coefficient (Wildman–Crippen LogP) is 5.05. The number of aromatic nitrogens is 4. The van der Waals surface area contributed by atoms with E-state index >= 15 is 0 Å². The van der Waals surface area contributed by atoms with Gasteiger partial charge < -0.3 is 14.8 Å². The Balaban J connectivity index is 1.39. The second kappa shape index (κ2) is 9.65. The number of carbonyl (C=O) groups excluding carboxylic acids is 1. The Morgan fingerprint density at radius 3 is 2.63 bits per heavy atom. The third-order valence-corrected chi connectivity index (χ3v) is 6.77. The quantitative estimate of drug-likeness (QED) is 0.343. The van der Waals surface area contributed by atoms with Gasteiger partial charge in [0.1, 0.15) is 5.52 Å². The van der Waals surface area contributed by atoms with Crippen molar-refractivity contribution in [2.45, 2.75) is 32.0 Å². The van der Waals surface area contributed by atoms with Gasteiger partial charge >= 0.3 is 6.18 Å². The average Bonchev–Trinajstić information content (AvgIpc) is 3.59. The van der Waals surface area contributed by atoms with E-state index in [0.29, 0.717) is 54.4 Å². The van der Waals surface area contributed by atoms with E-state index in [1.54, 1.807) is 6.33 Å². The van der Waals surface area contributed by atoms with Gasteiger partial charge in [-0.1, -0.05) is 18.2 Å². The van der Waals surface area contributed by atoms with Crippen molar-refractivity contribution in [3.05, 3.63) is 59.2 Å². The third-order valence-electron chi connectivity index (χ3n) is 5.91. The zero-order valence-corrected chi connectivity index (χ0v) is 19.6. The van der Waals surface area contributed by atoms with E-state index in [2.05, 4.69) is 10.3 Å². The van der Waals surface area contributed by atoms with Gasteiger partial charge in [-0.15, -0.1) is 11.3 Å². The Morgan fingerprint density at radius 2 is 1.94 bits per heavy atom. The molecule has 0 atom stereocenters. The SMILES string of the molecule is O=C1CCCN1CCCNc1nc(-c2cccs2)nc2c1ncn2Cc1ccc(C(F)(F)F)cc1. The van der Waals surface area contributed by atoms with Crippen LogP contribution >= 0.6 is 11.3 Å². The molecule has 5 rings (SSSR count). The molecule has 1 aliphatic heterocycles. The number of amides is 1. The molecule has 4 heterocycles. The lowest BCUT2D eigenvalue weighted by atomic mass is 10.1. The van der Waals surface area contributed by atoms with Crippen molar-refractivity contribution in [1.82, 2.24) is 24.4 Å². The summed E-state index contributed by atoms with van der Waals surface area (Å²) in [5.41, 5.74) is 1.22. The van der Waals surface area contributed by atoms with E-state index in [1.807, 2.05) is 27.0 Å². The first kappa shape index (κ1) is 23.3. The minimum absolute atomic E-state index is 0.205. The zero-order valence-electron chi connectivity index (χ0n) is 18.8. The molecule has 1 fully saturated rings. The summed E-state index contributed by atoms with van der Waals surface area (Å²) < 4.78 is 40.5. The molecule has 4 aromatic rings. The molecule has 1 saturated heterocycles. The maximum atomic E-state index is 12.9. The van der Waals surface area contributed by atoms with Crippen LogP contribution < -0.4 is 5.32 Å². The van der Waals surface area contributed by atoms with Crippen LogP contribution in [-0.2, 0) is 17.5 Å². The smallest absolute Gasteiger partial charge is 0.368 e. The average molecular weight is 501 g/mol. The minimum atomic E-state index is -4.37. The second-order valence-electron chi connectivity index (χ2n) is 8.38. The summed E-state index contributed by atoms with van der Waals surface area (Å²) in [6.07, 6.45) is -0.424. The van der Waals surface area contributed by atoms with Crippen LogP contribution in [0.15, 0.2) is 48.1 Å². The Labute approximate surface area is 203 Å². The predicted molar refractivity (Wildman–Crippen MR) is 128 cm³/mol. The molecule has 182 valence electrons. The summed E-state index contributed by atoms with van der Waals surface area (Å²) >= 11 is 1.52. The number of halogens is 3. The van der Waals surface area contributed by atoms with Crippen molar-refractivity contribution in [2.24, 2.45) is 0 Å². The molecule has 0 aliphatic carbocycles. The summed E-state index contributed by atoms with van der Waals surface area (Å²) in [6.45, 7) is 2.45. The molecule has 1 N–H and O–H groups in total. The molecule has 0 unspecified atom stereocenters. The van der Waals surface area contributed by atoms with Crippen LogP contribution in [-0.4, -0.2) is 50.0 Å². The molecule has 3 aromatic heterocycles. The van der Waals surface area contributed by atoms with Gasteiger partial charge in [-0.25, -0.2) is 15.0 Å². The first-order chi connectivity index (χ1) is 16.9. The normalized spacial score (nSPS) is 14.3. The third kappa shape index (κ3) is 5.14. The number of fused-ring (bicyclic) bond motifs is 1. The summed E-state index contributed by atoms with van der Waals surface area (Å²) in [5, 5.41) is 5.29. The number of thiophene rings is 1. The van der Waals surface area contributed by atoms with Crippen molar-refractivity contribution in [1.29, 1.82) is 0 Å². The molecule has 1 aromatic carbocycles. The van der Waals surface area contributed by atoms with Crippen LogP contribution in [0.2, 0.25) is 0 Å². The highest BCUT2D eigenvalue weighted by molar-refractivity contribution is 7.13. The largest absolute Gasteiger partial charge is 0.416 e. The number of imidazole rings is 1. The van der Waals surface area contributed by atoms with Crippen LogP contribution in [0.5, 0.6) is 0 Å². The highest BCUT2D eigenvalue weighted by Crippen LogP contribution is 2.30. The zero-order chi connectivity index (χ0) is 24.4. The number of benzene rings is 1. The molecule has 7 nitrogen and oxygen atoms in total. The van der Waals surface area contributed by atoms with Crippen molar-refractivity contribution in [3.63, 3.8) is 0 Å². The maximum absolute atomic E-state index is 12.9. The van der Waals surface area contributed by atoms with E-state index in [-0.39, 0.29) is 5.91 Å². The molecule has 0 saturated carbocycles. The Hall–Kier alpha value is -3.47. The lowest BCUT2D eigenvalue weighted by Gasteiger charge is -2.15. The Bertz CT molecular complexity index is 1320. The second-order valence-corrected chi connectivity index (χ2v) is 9.32. The van der Waals surface area contributed by atoms with E-state index in [9.17, 15) is 18.0 Å². The molecular formula is C24H23F3N6OS. The van der Waals surface area contributed by atoms with E-state index < -0.39 is 11.7 Å². The highest BCUT2D eigenvalue weighted by atomic mass is 32.1. The number of alkyl halides is 3. The van der Waals surface area contributed by atoms with Crippen LogP contribution in [0.4, 0.5) is 19.0 Å². The molecule has 0 radical (unpaired) electrons. The van der Waals surface area contributed by atoms with Crippen molar-refractivity contribution in [3.8, 4) is 10.7 Å². The number of carbonyl (C=O) groups is 1. The van der Waals surface area contributed by atoms with Gasteiger partial charge in [-0.3, -0.25) is 4.79 Å². The van der Waals surface area contributed by atoms with Crippen molar-refractivity contribution < 1.29 is 18.0 Å². The first-order valence-electron chi connectivity index (χ1n) is 11.3. The van der Waals surface area contributed by atoms with Crippen molar-refractivity contribution in [2.75, 3.05) is 25.0 Å². The van der Waals surface area contributed by atoms with Gasteiger partial charge in [-0.05, 0) is 42.0 Å². The summed E-state index contributed by atoms with van der Waals surface area (Å²) in [7, 11) is 0. The molecule has 0 spiro atoms. The first-order valence-corrected chi connectivity index (χ1v) is 12.2. The summed E-state index contributed by atoms with van der Waals surface area (Å²) in [6, 6.07) is 8.96. The molecular weight excluding hydrogens is 477 g/mol. The van der Waals surface area contributed by atoms with Gasteiger partial charge in [0.25, 0.3) is 0 Å². The molecule has 0 bridgehead atoms.